The van der Waals surface area contributed by atoms with Gasteiger partial charge in [0.1, 0.15) is 0 Å². The molecule has 5 nitrogen and oxygen atoms in total. The van der Waals surface area contributed by atoms with Gasteiger partial charge in [0.2, 0.25) is 0 Å². The van der Waals surface area contributed by atoms with Crippen LogP contribution in [0.25, 0.3) is 22.4 Å². The number of pyridine rings is 1. The molecule has 1 atom stereocenters. The zero-order chi connectivity index (χ0) is 13.4. The molecule has 0 radical (unpaired) electrons. The van der Waals surface area contributed by atoms with Gasteiger partial charge in [-0.15, -0.1) is 0 Å². The van der Waals surface area contributed by atoms with E-state index in [-0.39, 0.29) is 5.92 Å². The highest BCUT2D eigenvalue weighted by Gasteiger charge is 2.23. The first-order valence-corrected chi connectivity index (χ1v) is 6.67. The van der Waals surface area contributed by atoms with E-state index in [9.17, 15) is 0 Å². The van der Waals surface area contributed by atoms with Gasteiger partial charge in [0, 0.05) is 24.1 Å². The fraction of sp³-hybridized carbons (Fsp3) is 0.267. The molecule has 1 saturated heterocycles. The number of ether oxygens (including phenoxy) is 1. The molecule has 3 heterocycles. The summed E-state index contributed by atoms with van der Waals surface area (Å²) in [7, 11) is 0. The summed E-state index contributed by atoms with van der Waals surface area (Å²) in [6.07, 6.45) is 2.72. The maximum Gasteiger partial charge on any atom is 0.258 e. The topological polar surface area (TPSA) is 61.0 Å². The lowest BCUT2D eigenvalue weighted by Crippen LogP contribution is -1.99. The van der Waals surface area contributed by atoms with Crippen molar-refractivity contribution < 1.29 is 9.26 Å². The van der Waals surface area contributed by atoms with Crippen molar-refractivity contribution in [1.29, 1.82) is 0 Å². The van der Waals surface area contributed by atoms with Crippen molar-refractivity contribution in [2.75, 3.05) is 13.2 Å². The van der Waals surface area contributed by atoms with Crippen LogP contribution in [0.15, 0.2) is 41.1 Å². The van der Waals surface area contributed by atoms with E-state index < -0.39 is 0 Å². The SMILES string of the molecule is c1ccc2c(-c3nc([C@H]4CCOC4)no3)ccnc2c1. The van der Waals surface area contributed by atoms with E-state index in [0.717, 1.165) is 35.3 Å². The number of benzene rings is 1. The molecule has 0 bridgehead atoms. The number of para-hydroxylation sites is 1. The Morgan fingerprint density at radius 1 is 1.15 bits per heavy atom. The van der Waals surface area contributed by atoms with E-state index in [2.05, 4.69) is 15.1 Å². The highest BCUT2D eigenvalue weighted by atomic mass is 16.5. The number of aromatic nitrogens is 3. The first-order chi connectivity index (χ1) is 9.92. The molecular formula is C15H13N3O2. The maximum atomic E-state index is 5.43. The Morgan fingerprint density at radius 3 is 3.00 bits per heavy atom. The molecule has 0 aliphatic carbocycles. The highest BCUT2D eigenvalue weighted by Crippen LogP contribution is 2.29. The number of fused-ring (bicyclic) bond motifs is 1. The summed E-state index contributed by atoms with van der Waals surface area (Å²) in [5.41, 5.74) is 1.85. The minimum Gasteiger partial charge on any atom is -0.381 e. The second-order valence-corrected chi connectivity index (χ2v) is 4.89. The van der Waals surface area contributed by atoms with Crippen LogP contribution in [-0.2, 0) is 4.74 Å². The third-order valence-electron chi connectivity index (χ3n) is 3.62. The Labute approximate surface area is 115 Å². The quantitative estimate of drug-likeness (QED) is 0.714. The molecule has 5 heteroatoms. The number of nitrogens with zero attached hydrogens (tertiary/aromatic N) is 3. The van der Waals surface area contributed by atoms with Crippen LogP contribution in [0, 0.1) is 0 Å². The van der Waals surface area contributed by atoms with Crippen LogP contribution >= 0.6 is 0 Å². The fourth-order valence-corrected chi connectivity index (χ4v) is 2.53. The lowest BCUT2D eigenvalue weighted by atomic mass is 10.1. The minimum absolute atomic E-state index is 0.251. The summed E-state index contributed by atoms with van der Waals surface area (Å²) in [5, 5.41) is 5.12. The third-order valence-corrected chi connectivity index (χ3v) is 3.62. The van der Waals surface area contributed by atoms with Gasteiger partial charge in [-0.2, -0.15) is 4.98 Å². The first-order valence-electron chi connectivity index (χ1n) is 6.67. The van der Waals surface area contributed by atoms with Gasteiger partial charge in [0.05, 0.1) is 17.7 Å². The van der Waals surface area contributed by atoms with Crippen LogP contribution < -0.4 is 0 Å². The Kier molecular flexibility index (Phi) is 2.70. The molecule has 20 heavy (non-hydrogen) atoms. The van der Waals surface area contributed by atoms with Crippen LogP contribution in [0.1, 0.15) is 18.2 Å². The largest absolute Gasteiger partial charge is 0.381 e. The Morgan fingerprint density at radius 2 is 2.10 bits per heavy atom. The Hall–Kier alpha value is -2.27. The van der Waals surface area contributed by atoms with Crippen LogP contribution in [0.3, 0.4) is 0 Å². The molecule has 1 fully saturated rings. The van der Waals surface area contributed by atoms with E-state index in [0.29, 0.717) is 12.5 Å². The van der Waals surface area contributed by atoms with Crippen molar-refractivity contribution in [3.8, 4) is 11.5 Å². The molecule has 100 valence electrons. The van der Waals surface area contributed by atoms with Gasteiger partial charge in [-0.1, -0.05) is 23.4 Å². The zero-order valence-corrected chi connectivity index (χ0v) is 10.8. The second-order valence-electron chi connectivity index (χ2n) is 4.89. The van der Waals surface area contributed by atoms with Crippen molar-refractivity contribution in [2.24, 2.45) is 0 Å². The summed E-state index contributed by atoms with van der Waals surface area (Å²) >= 11 is 0. The summed E-state index contributed by atoms with van der Waals surface area (Å²) in [6, 6.07) is 9.84. The second kappa shape index (κ2) is 4.68. The Balaban J connectivity index is 1.79. The normalized spacial score (nSPS) is 18.7. The van der Waals surface area contributed by atoms with E-state index in [1.54, 1.807) is 6.20 Å². The predicted molar refractivity (Wildman–Crippen MR) is 73.2 cm³/mol. The zero-order valence-electron chi connectivity index (χ0n) is 10.8. The van der Waals surface area contributed by atoms with E-state index in [1.165, 1.54) is 0 Å². The molecule has 4 rings (SSSR count). The molecule has 2 aromatic heterocycles. The third kappa shape index (κ3) is 1.87. The molecule has 0 saturated carbocycles. The van der Waals surface area contributed by atoms with E-state index in [1.807, 2.05) is 30.3 Å². The average molecular weight is 267 g/mol. The number of hydrogen-bond donors (Lipinski definition) is 0. The minimum atomic E-state index is 0.251. The fourth-order valence-electron chi connectivity index (χ4n) is 2.53. The number of rotatable bonds is 2. The lowest BCUT2D eigenvalue weighted by Gasteiger charge is -2.01. The van der Waals surface area contributed by atoms with Crippen LogP contribution in [-0.4, -0.2) is 28.3 Å². The van der Waals surface area contributed by atoms with Crippen molar-refractivity contribution in [3.63, 3.8) is 0 Å². The summed E-state index contributed by atoms with van der Waals surface area (Å²) in [6.45, 7) is 1.45. The monoisotopic (exact) mass is 267 g/mol. The molecule has 1 aliphatic heterocycles. The Bertz CT molecular complexity index is 742. The standard InChI is InChI=1S/C15H13N3O2/c1-2-4-13-11(3-1)12(5-7-16-13)15-17-14(18-20-15)10-6-8-19-9-10/h1-5,7,10H,6,8-9H2/t10-/m0/s1. The van der Waals surface area contributed by atoms with Crippen molar-refractivity contribution in [2.45, 2.75) is 12.3 Å². The summed E-state index contributed by atoms with van der Waals surface area (Å²) < 4.78 is 10.8. The first kappa shape index (κ1) is 11.5. The molecule has 0 spiro atoms. The molecule has 1 aromatic carbocycles. The molecule has 0 unspecified atom stereocenters. The van der Waals surface area contributed by atoms with Crippen molar-refractivity contribution >= 4 is 10.9 Å². The van der Waals surface area contributed by atoms with Gasteiger partial charge in [-0.05, 0) is 18.6 Å². The van der Waals surface area contributed by atoms with Gasteiger partial charge >= 0.3 is 0 Å². The van der Waals surface area contributed by atoms with Gasteiger partial charge in [-0.3, -0.25) is 4.98 Å². The van der Waals surface area contributed by atoms with Crippen LogP contribution in [0.5, 0.6) is 0 Å². The van der Waals surface area contributed by atoms with E-state index >= 15 is 0 Å². The highest BCUT2D eigenvalue weighted by molar-refractivity contribution is 5.91. The van der Waals surface area contributed by atoms with Gasteiger partial charge < -0.3 is 9.26 Å². The molecule has 0 amide bonds. The van der Waals surface area contributed by atoms with Gasteiger partial charge in [0.25, 0.3) is 5.89 Å². The molecule has 0 N–H and O–H groups in total. The van der Waals surface area contributed by atoms with Crippen LogP contribution in [0.2, 0.25) is 0 Å². The maximum absolute atomic E-state index is 5.43. The molecule has 1 aliphatic rings. The van der Waals surface area contributed by atoms with Crippen molar-refractivity contribution in [1.82, 2.24) is 15.1 Å². The van der Waals surface area contributed by atoms with Crippen LogP contribution in [0.4, 0.5) is 0 Å². The van der Waals surface area contributed by atoms with E-state index in [4.69, 9.17) is 9.26 Å². The van der Waals surface area contributed by atoms with Crippen molar-refractivity contribution in [3.05, 3.63) is 42.4 Å². The average Bonchev–Trinajstić information content (AvgIpc) is 3.17. The molecular weight excluding hydrogens is 254 g/mol. The summed E-state index contributed by atoms with van der Waals surface area (Å²) in [5.74, 6) is 1.53. The smallest absolute Gasteiger partial charge is 0.258 e. The predicted octanol–water partition coefficient (Wildman–Crippen LogP) is 2.79. The molecule has 3 aromatic rings. The lowest BCUT2D eigenvalue weighted by molar-refractivity contribution is 0.192. The summed E-state index contributed by atoms with van der Waals surface area (Å²) in [4.78, 5) is 8.87. The van der Waals surface area contributed by atoms with Gasteiger partial charge in [0.15, 0.2) is 5.82 Å². The van der Waals surface area contributed by atoms with Gasteiger partial charge in [-0.25, -0.2) is 0 Å². The number of hydrogen-bond acceptors (Lipinski definition) is 5.